The molecule has 0 aromatic heterocycles. The van der Waals surface area contributed by atoms with E-state index in [1.807, 2.05) is 40.9 Å². The molecule has 6 heteroatoms. The van der Waals surface area contributed by atoms with Gasteiger partial charge in [0.2, 0.25) is 0 Å². The highest BCUT2D eigenvalue weighted by Gasteiger charge is 2.16. The maximum Gasteiger partial charge on any atom is 0.407 e. The minimum atomic E-state index is -0.471. The van der Waals surface area contributed by atoms with Gasteiger partial charge < -0.3 is 25.0 Å². The number of ether oxygens (including phenoxy) is 2. The summed E-state index contributed by atoms with van der Waals surface area (Å²) in [4.78, 5) is 13.7. The lowest BCUT2D eigenvalue weighted by atomic mass is 10.1. The molecule has 1 amide bonds. The van der Waals surface area contributed by atoms with Gasteiger partial charge >= 0.3 is 6.09 Å². The Balaban J connectivity index is 2.44. The number of anilines is 2. The fourth-order valence-electron chi connectivity index (χ4n) is 2.36. The number of benzene rings is 1. The predicted octanol–water partition coefficient (Wildman–Crippen LogP) is 3.48. The first-order chi connectivity index (χ1) is 11.7. The van der Waals surface area contributed by atoms with Crippen molar-refractivity contribution in [1.29, 1.82) is 0 Å². The summed E-state index contributed by atoms with van der Waals surface area (Å²) in [6.45, 7) is 6.75. The van der Waals surface area contributed by atoms with Gasteiger partial charge in [-0.05, 0) is 51.8 Å². The Labute approximate surface area is 151 Å². The largest absolute Gasteiger partial charge is 0.444 e. The molecule has 0 aliphatic carbocycles. The summed E-state index contributed by atoms with van der Waals surface area (Å²) in [5.41, 5.74) is 1.74. The van der Waals surface area contributed by atoms with Crippen molar-refractivity contribution in [1.82, 2.24) is 5.32 Å². The summed E-state index contributed by atoms with van der Waals surface area (Å²) in [6.07, 6.45) is 1.35. The molecule has 0 radical (unpaired) electrons. The van der Waals surface area contributed by atoms with Gasteiger partial charge in [0.1, 0.15) is 5.60 Å². The van der Waals surface area contributed by atoms with E-state index in [1.165, 1.54) is 0 Å². The second-order valence-corrected chi connectivity index (χ2v) is 7.31. The van der Waals surface area contributed by atoms with Crippen molar-refractivity contribution >= 4 is 17.5 Å². The number of carbonyl (C=O) groups is 1. The standard InChI is InChI=1S/C19H33N3O3/c1-19(2,3)25-18(23)20-12-8-10-16(14-24-6)21-15-9-7-11-17(13-15)22(4)5/h7,9,11,13,16,21H,8,10,12,14H2,1-6H3,(H,20,23). The number of nitrogens with one attached hydrogen (secondary N) is 2. The monoisotopic (exact) mass is 351 g/mol. The SMILES string of the molecule is COCC(CCCNC(=O)OC(C)(C)C)Nc1cccc(N(C)C)c1. The molecule has 1 aromatic rings. The highest BCUT2D eigenvalue weighted by atomic mass is 16.6. The van der Waals surface area contributed by atoms with Crippen LogP contribution in [0, 0.1) is 0 Å². The van der Waals surface area contributed by atoms with Crippen molar-refractivity contribution < 1.29 is 14.3 Å². The molecule has 0 saturated heterocycles. The Morgan fingerprint density at radius 2 is 2.00 bits per heavy atom. The van der Waals surface area contributed by atoms with E-state index >= 15 is 0 Å². The number of methoxy groups -OCH3 is 1. The maximum absolute atomic E-state index is 11.6. The smallest absolute Gasteiger partial charge is 0.407 e. The second kappa shape index (κ2) is 10.1. The van der Waals surface area contributed by atoms with Crippen molar-refractivity contribution in [3.8, 4) is 0 Å². The van der Waals surface area contributed by atoms with Gasteiger partial charge in [0, 0.05) is 45.2 Å². The van der Waals surface area contributed by atoms with Crippen molar-refractivity contribution in [2.75, 3.05) is 44.6 Å². The Morgan fingerprint density at radius 1 is 1.28 bits per heavy atom. The van der Waals surface area contributed by atoms with Gasteiger partial charge in [-0.15, -0.1) is 0 Å². The number of amides is 1. The summed E-state index contributed by atoms with van der Waals surface area (Å²) in [7, 11) is 5.74. The molecule has 0 saturated carbocycles. The molecule has 0 heterocycles. The van der Waals surface area contributed by atoms with Crippen molar-refractivity contribution in [2.24, 2.45) is 0 Å². The fraction of sp³-hybridized carbons (Fsp3) is 0.632. The highest BCUT2D eigenvalue weighted by molar-refractivity contribution is 5.67. The second-order valence-electron chi connectivity index (χ2n) is 7.31. The first-order valence-corrected chi connectivity index (χ1v) is 8.71. The molecule has 0 aliphatic rings. The van der Waals surface area contributed by atoms with Gasteiger partial charge in [-0.3, -0.25) is 0 Å². The van der Waals surface area contributed by atoms with Crippen LogP contribution in [-0.4, -0.2) is 52.1 Å². The molecule has 1 aromatic carbocycles. The van der Waals surface area contributed by atoms with Crippen molar-refractivity contribution in [3.63, 3.8) is 0 Å². The van der Waals surface area contributed by atoms with Crippen LogP contribution in [0.4, 0.5) is 16.2 Å². The highest BCUT2D eigenvalue weighted by Crippen LogP contribution is 2.19. The number of rotatable bonds is 9. The van der Waals surface area contributed by atoms with Gasteiger partial charge in [0.05, 0.1) is 6.61 Å². The molecule has 2 N–H and O–H groups in total. The number of alkyl carbamates (subject to hydrolysis) is 1. The van der Waals surface area contributed by atoms with Crippen LogP contribution in [0.3, 0.4) is 0 Å². The lowest BCUT2D eigenvalue weighted by Gasteiger charge is -2.22. The van der Waals surface area contributed by atoms with E-state index in [1.54, 1.807) is 7.11 Å². The van der Waals surface area contributed by atoms with Crippen LogP contribution >= 0.6 is 0 Å². The molecule has 0 fully saturated rings. The lowest BCUT2D eigenvalue weighted by Crippen LogP contribution is -2.33. The van der Waals surface area contributed by atoms with E-state index in [0.717, 1.165) is 24.2 Å². The maximum atomic E-state index is 11.6. The van der Waals surface area contributed by atoms with Gasteiger partial charge in [-0.2, -0.15) is 0 Å². The minimum Gasteiger partial charge on any atom is -0.444 e. The van der Waals surface area contributed by atoms with E-state index in [4.69, 9.17) is 9.47 Å². The number of nitrogens with zero attached hydrogens (tertiary/aromatic N) is 1. The summed E-state index contributed by atoms with van der Waals surface area (Å²) < 4.78 is 10.5. The summed E-state index contributed by atoms with van der Waals surface area (Å²) in [5.74, 6) is 0. The molecule has 1 rings (SSSR count). The van der Waals surface area contributed by atoms with E-state index in [9.17, 15) is 4.79 Å². The van der Waals surface area contributed by atoms with Crippen LogP contribution in [0.5, 0.6) is 0 Å². The molecule has 0 bridgehead atoms. The summed E-state index contributed by atoms with van der Waals surface area (Å²) >= 11 is 0. The molecule has 25 heavy (non-hydrogen) atoms. The van der Waals surface area contributed by atoms with Gasteiger partial charge in [0.15, 0.2) is 0 Å². The number of carbonyl (C=O) groups excluding carboxylic acids is 1. The first-order valence-electron chi connectivity index (χ1n) is 8.71. The molecular weight excluding hydrogens is 318 g/mol. The normalized spacial score (nSPS) is 12.4. The van der Waals surface area contributed by atoms with Crippen LogP contribution < -0.4 is 15.5 Å². The zero-order valence-corrected chi connectivity index (χ0v) is 16.4. The third kappa shape index (κ3) is 9.19. The van der Waals surface area contributed by atoms with Crippen LogP contribution in [0.15, 0.2) is 24.3 Å². The minimum absolute atomic E-state index is 0.183. The molecule has 1 atom stereocenters. The Kier molecular flexibility index (Phi) is 8.55. The average molecular weight is 351 g/mol. The molecule has 6 nitrogen and oxygen atoms in total. The van der Waals surface area contributed by atoms with E-state index in [2.05, 4.69) is 33.7 Å². The Morgan fingerprint density at radius 3 is 2.60 bits per heavy atom. The summed E-state index contributed by atoms with van der Waals surface area (Å²) in [6, 6.07) is 8.45. The number of hydrogen-bond acceptors (Lipinski definition) is 5. The van der Waals surface area contributed by atoms with Crippen LogP contribution in [0.2, 0.25) is 0 Å². The summed E-state index contributed by atoms with van der Waals surface area (Å²) in [5, 5.41) is 6.29. The fourth-order valence-corrected chi connectivity index (χ4v) is 2.36. The van der Waals surface area contributed by atoms with Gasteiger partial charge in [0.25, 0.3) is 0 Å². The predicted molar refractivity (Wildman–Crippen MR) is 104 cm³/mol. The zero-order chi connectivity index (χ0) is 18.9. The van der Waals surface area contributed by atoms with Gasteiger partial charge in [-0.25, -0.2) is 4.79 Å². The quantitative estimate of drug-likeness (QED) is 0.667. The van der Waals surface area contributed by atoms with Crippen molar-refractivity contribution in [2.45, 2.75) is 45.3 Å². The van der Waals surface area contributed by atoms with Crippen LogP contribution in [0.25, 0.3) is 0 Å². The third-order valence-corrected chi connectivity index (χ3v) is 3.50. The number of hydrogen-bond donors (Lipinski definition) is 2. The Hall–Kier alpha value is -1.95. The zero-order valence-electron chi connectivity index (χ0n) is 16.4. The first kappa shape index (κ1) is 21.1. The van der Waals surface area contributed by atoms with E-state index in [-0.39, 0.29) is 12.1 Å². The molecule has 142 valence electrons. The topological polar surface area (TPSA) is 62.8 Å². The lowest BCUT2D eigenvalue weighted by molar-refractivity contribution is 0.0526. The van der Waals surface area contributed by atoms with Gasteiger partial charge in [-0.1, -0.05) is 6.07 Å². The molecule has 1 unspecified atom stereocenters. The molecule has 0 aliphatic heterocycles. The van der Waals surface area contributed by atoms with E-state index in [0.29, 0.717) is 13.2 Å². The van der Waals surface area contributed by atoms with Crippen LogP contribution in [0.1, 0.15) is 33.6 Å². The third-order valence-electron chi connectivity index (χ3n) is 3.50. The average Bonchev–Trinajstić information content (AvgIpc) is 2.50. The van der Waals surface area contributed by atoms with Crippen molar-refractivity contribution in [3.05, 3.63) is 24.3 Å². The van der Waals surface area contributed by atoms with Crippen LogP contribution in [-0.2, 0) is 9.47 Å². The molecule has 0 spiro atoms. The Bertz CT molecular complexity index is 527. The van der Waals surface area contributed by atoms with E-state index < -0.39 is 5.60 Å². The molecular formula is C19H33N3O3.